The van der Waals surface area contributed by atoms with Crippen LogP contribution in [0, 0.1) is 11.9 Å². The Hall–Kier alpha value is -0.100. The molecule has 0 aromatic carbocycles. The second-order valence-electron chi connectivity index (χ2n) is 1.39. The molecule has 0 spiro atoms. The lowest BCUT2D eigenvalue weighted by Crippen LogP contribution is -1.94. The van der Waals surface area contributed by atoms with Gasteiger partial charge in [0.05, 0.1) is 0 Å². The van der Waals surface area contributed by atoms with Crippen molar-refractivity contribution < 1.29 is 8.78 Å². The number of hydrogen-bond acceptors (Lipinski definition) is 2. The number of hydrogen-bond donors (Lipinski definition) is 0. The van der Waals surface area contributed by atoms with Crippen molar-refractivity contribution in [2.45, 2.75) is 0 Å². The molecule has 0 fully saturated rings. The summed E-state index contributed by atoms with van der Waals surface area (Å²) in [5, 5.41) is 0. The molecule has 0 N–H and O–H groups in total. The van der Waals surface area contributed by atoms with Gasteiger partial charge in [-0.2, -0.15) is 18.7 Å². The Morgan fingerprint density at radius 2 is 1.40 bits per heavy atom. The molecule has 0 unspecified atom stereocenters. The lowest BCUT2D eigenvalue weighted by Gasteiger charge is -1.93. The van der Waals surface area contributed by atoms with E-state index < -0.39 is 11.9 Å². The smallest absolute Gasteiger partial charge is 0.192 e. The van der Waals surface area contributed by atoms with Crippen molar-refractivity contribution in [3.8, 4) is 0 Å². The van der Waals surface area contributed by atoms with Gasteiger partial charge in [0.2, 0.25) is 16.6 Å². The van der Waals surface area contributed by atoms with Gasteiger partial charge in [0, 0.05) is 0 Å². The van der Waals surface area contributed by atoms with E-state index in [-0.39, 0.29) is 9.21 Å². The summed E-state index contributed by atoms with van der Waals surface area (Å²) in [6.07, 6.45) is 0. The highest BCUT2D eigenvalue weighted by atomic mass is 79.9. The zero-order valence-electron chi connectivity index (χ0n) is 4.41. The van der Waals surface area contributed by atoms with Crippen LogP contribution in [0.15, 0.2) is 9.21 Å². The van der Waals surface area contributed by atoms with E-state index in [1.54, 1.807) is 0 Å². The van der Waals surface area contributed by atoms with E-state index in [9.17, 15) is 8.78 Å². The minimum Gasteiger partial charge on any atom is -0.192 e. The number of aromatic nitrogens is 2. The SMILES string of the molecule is Fc1nc(Br)nc(F)c1Br. The highest BCUT2D eigenvalue weighted by Crippen LogP contribution is 2.17. The lowest BCUT2D eigenvalue weighted by molar-refractivity contribution is 0.507. The van der Waals surface area contributed by atoms with Gasteiger partial charge in [-0.3, -0.25) is 0 Å². The molecular formula is C4Br2F2N2. The van der Waals surface area contributed by atoms with Crippen molar-refractivity contribution in [3.63, 3.8) is 0 Å². The van der Waals surface area contributed by atoms with Crippen molar-refractivity contribution in [1.29, 1.82) is 0 Å². The van der Waals surface area contributed by atoms with E-state index in [2.05, 4.69) is 41.8 Å². The number of rotatable bonds is 0. The fraction of sp³-hybridized carbons (Fsp3) is 0. The maximum absolute atomic E-state index is 12.4. The summed E-state index contributed by atoms with van der Waals surface area (Å²) in [6.45, 7) is 0. The molecule has 0 aliphatic rings. The summed E-state index contributed by atoms with van der Waals surface area (Å²) < 4.78 is 24.3. The summed E-state index contributed by atoms with van der Waals surface area (Å²) in [4.78, 5) is 6.37. The fourth-order valence-electron chi connectivity index (χ4n) is 0.370. The van der Waals surface area contributed by atoms with Crippen LogP contribution in [0.2, 0.25) is 0 Å². The molecule has 0 saturated heterocycles. The first kappa shape index (κ1) is 8.00. The predicted molar refractivity (Wildman–Crippen MR) is 37.3 cm³/mol. The number of halogens is 4. The first-order chi connectivity index (χ1) is 4.61. The summed E-state index contributed by atoms with van der Waals surface area (Å²) in [6, 6.07) is 0. The topological polar surface area (TPSA) is 25.8 Å². The van der Waals surface area contributed by atoms with Gasteiger partial charge < -0.3 is 0 Å². The van der Waals surface area contributed by atoms with Crippen LogP contribution in [-0.2, 0) is 0 Å². The van der Waals surface area contributed by atoms with Gasteiger partial charge in [-0.25, -0.2) is 0 Å². The van der Waals surface area contributed by atoms with Gasteiger partial charge in [0.15, 0.2) is 0 Å². The van der Waals surface area contributed by atoms with Gasteiger partial charge in [-0.1, -0.05) is 0 Å². The molecule has 0 bridgehead atoms. The zero-order valence-corrected chi connectivity index (χ0v) is 7.58. The maximum Gasteiger partial charge on any atom is 0.234 e. The van der Waals surface area contributed by atoms with E-state index >= 15 is 0 Å². The van der Waals surface area contributed by atoms with Crippen LogP contribution in [0.5, 0.6) is 0 Å². The monoisotopic (exact) mass is 272 g/mol. The van der Waals surface area contributed by atoms with E-state index in [0.29, 0.717) is 0 Å². The number of nitrogens with zero attached hydrogens (tertiary/aromatic N) is 2. The van der Waals surface area contributed by atoms with Crippen molar-refractivity contribution in [2.24, 2.45) is 0 Å². The molecule has 1 heterocycles. The normalized spacial score (nSPS) is 10.0. The average molecular weight is 274 g/mol. The Kier molecular flexibility index (Phi) is 2.30. The average Bonchev–Trinajstić information content (AvgIpc) is 1.82. The third-order valence-corrected chi connectivity index (χ3v) is 1.75. The van der Waals surface area contributed by atoms with Crippen LogP contribution < -0.4 is 0 Å². The standard InChI is InChI=1S/C4Br2F2N2/c5-1-2(7)9-4(6)10-3(1)8. The summed E-state index contributed by atoms with van der Waals surface area (Å²) in [5.41, 5.74) is 0. The summed E-state index contributed by atoms with van der Waals surface area (Å²) in [5.74, 6) is -1.83. The fourth-order valence-corrected chi connectivity index (χ4v) is 0.859. The highest BCUT2D eigenvalue weighted by Gasteiger charge is 2.09. The highest BCUT2D eigenvalue weighted by molar-refractivity contribution is 9.10. The Balaban J connectivity index is 3.31. The molecular weight excluding hydrogens is 274 g/mol. The molecule has 2 nitrogen and oxygen atoms in total. The molecule has 1 aromatic heterocycles. The molecule has 54 valence electrons. The van der Waals surface area contributed by atoms with Gasteiger partial charge >= 0.3 is 0 Å². The van der Waals surface area contributed by atoms with E-state index in [1.165, 1.54) is 0 Å². The van der Waals surface area contributed by atoms with Crippen LogP contribution in [0.4, 0.5) is 8.78 Å². The van der Waals surface area contributed by atoms with Crippen LogP contribution in [0.25, 0.3) is 0 Å². The van der Waals surface area contributed by atoms with Gasteiger partial charge in [-0.15, -0.1) is 0 Å². The summed E-state index contributed by atoms with van der Waals surface area (Å²) >= 11 is 5.34. The van der Waals surface area contributed by atoms with Crippen LogP contribution in [0.1, 0.15) is 0 Å². The second kappa shape index (κ2) is 2.87. The van der Waals surface area contributed by atoms with Crippen molar-refractivity contribution in [3.05, 3.63) is 21.1 Å². The second-order valence-corrected chi connectivity index (χ2v) is 2.89. The van der Waals surface area contributed by atoms with E-state index in [0.717, 1.165) is 0 Å². The van der Waals surface area contributed by atoms with Crippen LogP contribution >= 0.6 is 31.9 Å². The lowest BCUT2D eigenvalue weighted by atomic mass is 10.6. The minimum atomic E-state index is -0.917. The van der Waals surface area contributed by atoms with Gasteiger partial charge in [0.1, 0.15) is 4.47 Å². The molecule has 0 amide bonds. The molecule has 10 heavy (non-hydrogen) atoms. The van der Waals surface area contributed by atoms with E-state index in [4.69, 9.17) is 0 Å². The van der Waals surface area contributed by atoms with Crippen LogP contribution in [-0.4, -0.2) is 9.97 Å². The van der Waals surface area contributed by atoms with Crippen LogP contribution in [0.3, 0.4) is 0 Å². The Morgan fingerprint density at radius 1 is 1.00 bits per heavy atom. The molecule has 0 saturated carbocycles. The molecule has 0 atom stereocenters. The van der Waals surface area contributed by atoms with Gasteiger partial charge in [0.25, 0.3) is 0 Å². The third-order valence-electron chi connectivity index (χ3n) is 0.743. The molecule has 0 radical (unpaired) electrons. The quantitative estimate of drug-likeness (QED) is 0.535. The van der Waals surface area contributed by atoms with E-state index in [1.807, 2.05) is 0 Å². The minimum absolute atomic E-state index is 0.106. The summed E-state index contributed by atoms with van der Waals surface area (Å²) in [7, 11) is 0. The first-order valence-electron chi connectivity index (χ1n) is 2.15. The largest absolute Gasteiger partial charge is 0.234 e. The van der Waals surface area contributed by atoms with Gasteiger partial charge in [-0.05, 0) is 31.9 Å². The molecule has 0 aliphatic heterocycles. The third kappa shape index (κ3) is 1.49. The Morgan fingerprint density at radius 3 is 1.80 bits per heavy atom. The van der Waals surface area contributed by atoms with Crippen molar-refractivity contribution in [2.75, 3.05) is 0 Å². The molecule has 6 heteroatoms. The molecule has 0 aliphatic carbocycles. The Labute approximate surface area is 71.9 Å². The molecule has 1 aromatic rings. The van der Waals surface area contributed by atoms with Crippen molar-refractivity contribution >= 4 is 31.9 Å². The predicted octanol–water partition coefficient (Wildman–Crippen LogP) is 2.28. The van der Waals surface area contributed by atoms with Crippen molar-refractivity contribution in [1.82, 2.24) is 9.97 Å². The molecule has 1 rings (SSSR count). The first-order valence-corrected chi connectivity index (χ1v) is 3.74. The maximum atomic E-state index is 12.4. The zero-order chi connectivity index (χ0) is 7.72. The Bertz CT molecular complexity index is 242.